The Morgan fingerprint density at radius 3 is 2.82 bits per heavy atom. The van der Waals surface area contributed by atoms with Gasteiger partial charge in [0.2, 0.25) is 0 Å². The average Bonchev–Trinajstić information content (AvgIpc) is 3.06. The molecule has 0 saturated carbocycles. The van der Waals surface area contributed by atoms with E-state index in [1.54, 1.807) is 11.8 Å². The molecule has 1 saturated heterocycles. The van der Waals surface area contributed by atoms with Gasteiger partial charge in [-0.1, -0.05) is 5.16 Å². The Hall–Kier alpha value is -2.05. The lowest BCUT2D eigenvalue weighted by Gasteiger charge is -2.27. The number of nitrogens with zero attached hydrogens (tertiary/aromatic N) is 2. The molecule has 2 rings (SSSR count). The second kappa shape index (κ2) is 6.37. The highest BCUT2D eigenvalue weighted by atomic mass is 16.6. The Labute approximate surface area is 129 Å². The molecule has 1 aliphatic rings. The van der Waals surface area contributed by atoms with Crippen LogP contribution in [0.2, 0.25) is 0 Å². The monoisotopic (exact) mass is 310 g/mol. The number of carbonyl (C=O) groups is 2. The van der Waals surface area contributed by atoms with Crippen molar-refractivity contribution < 1.29 is 23.6 Å². The first-order valence-corrected chi connectivity index (χ1v) is 7.45. The van der Waals surface area contributed by atoms with E-state index in [1.165, 1.54) is 6.07 Å². The van der Waals surface area contributed by atoms with Crippen molar-refractivity contribution >= 4 is 12.1 Å². The highest BCUT2D eigenvalue weighted by Gasteiger charge is 2.36. The van der Waals surface area contributed by atoms with Gasteiger partial charge in [-0.05, 0) is 40.5 Å². The summed E-state index contributed by atoms with van der Waals surface area (Å²) in [4.78, 5) is 25.5. The van der Waals surface area contributed by atoms with Gasteiger partial charge in [0, 0.05) is 12.6 Å². The van der Waals surface area contributed by atoms with Crippen LogP contribution in [0, 0.1) is 0 Å². The fourth-order valence-electron chi connectivity index (χ4n) is 2.35. The van der Waals surface area contributed by atoms with Gasteiger partial charge in [0.15, 0.2) is 11.5 Å². The van der Waals surface area contributed by atoms with Crippen molar-refractivity contribution in [1.29, 1.82) is 0 Å². The maximum Gasteiger partial charge on any atom is 0.410 e. The van der Waals surface area contributed by atoms with E-state index in [9.17, 15) is 9.59 Å². The summed E-state index contributed by atoms with van der Waals surface area (Å²) in [5, 5.41) is 3.72. The van der Waals surface area contributed by atoms with Crippen LogP contribution in [-0.2, 0) is 9.47 Å². The molecule has 22 heavy (non-hydrogen) atoms. The molecular formula is C15H22N2O5. The van der Waals surface area contributed by atoms with Gasteiger partial charge in [-0.15, -0.1) is 0 Å². The third-order valence-corrected chi connectivity index (χ3v) is 3.22. The van der Waals surface area contributed by atoms with Crippen LogP contribution in [0.4, 0.5) is 4.79 Å². The maximum absolute atomic E-state index is 12.2. The molecule has 0 aromatic carbocycles. The Morgan fingerprint density at radius 2 is 2.18 bits per heavy atom. The van der Waals surface area contributed by atoms with E-state index >= 15 is 0 Å². The van der Waals surface area contributed by atoms with Crippen LogP contribution in [0.5, 0.6) is 0 Å². The minimum absolute atomic E-state index is 0.118. The number of hydrogen-bond acceptors (Lipinski definition) is 6. The molecule has 7 nitrogen and oxygen atoms in total. The minimum atomic E-state index is -0.554. The first-order chi connectivity index (χ1) is 10.3. The average molecular weight is 310 g/mol. The molecule has 0 bridgehead atoms. The summed E-state index contributed by atoms with van der Waals surface area (Å²) in [6.45, 7) is 8.06. The van der Waals surface area contributed by atoms with Crippen LogP contribution in [0.3, 0.4) is 0 Å². The zero-order chi connectivity index (χ0) is 16.3. The van der Waals surface area contributed by atoms with E-state index in [4.69, 9.17) is 14.0 Å². The van der Waals surface area contributed by atoms with Crippen molar-refractivity contribution in [3.8, 4) is 0 Å². The summed E-state index contributed by atoms with van der Waals surface area (Å²) in [6, 6.07) is 1.27. The number of rotatable bonds is 3. The summed E-state index contributed by atoms with van der Waals surface area (Å²) in [5.74, 6) is -0.0503. The number of esters is 1. The molecule has 2 heterocycles. The summed E-state index contributed by atoms with van der Waals surface area (Å²) < 4.78 is 15.5. The molecule has 0 aliphatic carbocycles. The maximum atomic E-state index is 12.2. The summed E-state index contributed by atoms with van der Waals surface area (Å²) in [5.41, 5.74) is -0.435. The molecule has 1 unspecified atom stereocenters. The Bertz CT molecular complexity index is 546. The van der Waals surface area contributed by atoms with E-state index < -0.39 is 11.6 Å². The van der Waals surface area contributed by atoms with Crippen molar-refractivity contribution in [2.45, 2.75) is 52.2 Å². The number of likely N-dealkylation sites (tertiary alicyclic amines) is 1. The van der Waals surface area contributed by atoms with Crippen molar-refractivity contribution in [3.63, 3.8) is 0 Å². The summed E-state index contributed by atoms with van der Waals surface area (Å²) in [7, 11) is 0. The van der Waals surface area contributed by atoms with Gasteiger partial charge in [-0.3, -0.25) is 4.90 Å². The van der Waals surface area contributed by atoms with Gasteiger partial charge in [-0.2, -0.15) is 0 Å². The number of aromatic nitrogens is 1. The highest BCUT2D eigenvalue weighted by molar-refractivity contribution is 5.87. The third kappa shape index (κ3) is 3.78. The van der Waals surface area contributed by atoms with Crippen molar-refractivity contribution in [2.75, 3.05) is 13.2 Å². The van der Waals surface area contributed by atoms with Gasteiger partial charge in [-0.25, -0.2) is 9.59 Å². The topological polar surface area (TPSA) is 81.9 Å². The molecule has 0 radical (unpaired) electrons. The Balaban J connectivity index is 2.10. The van der Waals surface area contributed by atoms with E-state index in [0.29, 0.717) is 12.3 Å². The van der Waals surface area contributed by atoms with Gasteiger partial charge < -0.3 is 14.0 Å². The molecule has 0 N–H and O–H groups in total. The van der Waals surface area contributed by atoms with E-state index in [0.717, 1.165) is 12.8 Å². The number of hydrogen-bond donors (Lipinski definition) is 0. The van der Waals surface area contributed by atoms with Crippen molar-refractivity contribution in [1.82, 2.24) is 10.1 Å². The SMILES string of the molecule is CCOC(=O)c1cc(C2CCCN2C(=O)OC(C)(C)C)on1. The number of carbonyl (C=O) groups excluding carboxylic acids is 2. The zero-order valence-electron chi connectivity index (χ0n) is 13.4. The van der Waals surface area contributed by atoms with Gasteiger partial charge in [0.25, 0.3) is 0 Å². The Morgan fingerprint density at radius 1 is 1.45 bits per heavy atom. The van der Waals surface area contributed by atoms with Gasteiger partial charge >= 0.3 is 12.1 Å². The van der Waals surface area contributed by atoms with E-state index in [2.05, 4.69) is 5.16 Å². The normalized spacial score (nSPS) is 18.4. The molecule has 1 aliphatic heterocycles. The number of ether oxygens (including phenoxy) is 2. The predicted molar refractivity (Wildman–Crippen MR) is 77.4 cm³/mol. The van der Waals surface area contributed by atoms with E-state index in [1.807, 2.05) is 20.8 Å². The number of amides is 1. The first-order valence-electron chi connectivity index (χ1n) is 7.45. The van der Waals surface area contributed by atoms with Crippen LogP contribution in [0.1, 0.15) is 62.8 Å². The highest BCUT2D eigenvalue weighted by Crippen LogP contribution is 2.33. The molecule has 1 atom stereocenters. The zero-order valence-corrected chi connectivity index (χ0v) is 13.4. The smallest absolute Gasteiger partial charge is 0.410 e. The lowest BCUT2D eigenvalue weighted by atomic mass is 10.1. The third-order valence-electron chi connectivity index (χ3n) is 3.22. The molecule has 122 valence electrons. The molecule has 0 spiro atoms. The molecule has 1 aromatic rings. The molecular weight excluding hydrogens is 288 g/mol. The van der Waals surface area contributed by atoms with Gasteiger partial charge in [0.05, 0.1) is 12.6 Å². The molecule has 1 amide bonds. The van der Waals surface area contributed by atoms with Crippen LogP contribution in [0.25, 0.3) is 0 Å². The van der Waals surface area contributed by atoms with Crippen molar-refractivity contribution in [2.24, 2.45) is 0 Å². The van der Waals surface area contributed by atoms with E-state index in [-0.39, 0.29) is 24.4 Å². The van der Waals surface area contributed by atoms with Crippen molar-refractivity contribution in [3.05, 3.63) is 17.5 Å². The van der Waals surface area contributed by atoms with Crippen LogP contribution in [-0.4, -0.2) is 40.9 Å². The standard InChI is InChI=1S/C15H22N2O5/c1-5-20-13(18)10-9-12(22-16-10)11-7-6-8-17(11)14(19)21-15(2,3)4/h9,11H,5-8H2,1-4H3. The predicted octanol–water partition coefficient (Wildman–Crippen LogP) is 2.92. The summed E-state index contributed by atoms with van der Waals surface area (Å²) in [6.07, 6.45) is 1.21. The fraction of sp³-hybridized carbons (Fsp3) is 0.667. The van der Waals surface area contributed by atoms with Crippen LogP contribution >= 0.6 is 0 Å². The first kappa shape index (κ1) is 16.3. The summed E-state index contributed by atoms with van der Waals surface area (Å²) >= 11 is 0. The largest absolute Gasteiger partial charge is 0.461 e. The van der Waals surface area contributed by atoms with Crippen LogP contribution in [0.15, 0.2) is 10.6 Å². The molecule has 7 heteroatoms. The minimum Gasteiger partial charge on any atom is -0.461 e. The quantitative estimate of drug-likeness (QED) is 0.798. The second-order valence-corrected chi connectivity index (χ2v) is 6.17. The molecule has 1 fully saturated rings. The lowest BCUT2D eigenvalue weighted by molar-refractivity contribution is 0.0203. The second-order valence-electron chi connectivity index (χ2n) is 6.17. The lowest BCUT2D eigenvalue weighted by Crippen LogP contribution is -2.36. The fourth-order valence-corrected chi connectivity index (χ4v) is 2.35. The van der Waals surface area contributed by atoms with Gasteiger partial charge in [0.1, 0.15) is 5.60 Å². The van der Waals surface area contributed by atoms with Crippen LogP contribution < -0.4 is 0 Å². The Kier molecular flexibility index (Phi) is 4.73. The molecule has 1 aromatic heterocycles.